The quantitative estimate of drug-likeness (QED) is 0.911. The van der Waals surface area contributed by atoms with Gasteiger partial charge < -0.3 is 10.1 Å². The lowest BCUT2D eigenvalue weighted by Crippen LogP contribution is -2.10. The molecule has 0 aliphatic rings. The number of alkyl halides is 3. The summed E-state index contributed by atoms with van der Waals surface area (Å²) in [6.07, 6.45) is -4.38. The summed E-state index contributed by atoms with van der Waals surface area (Å²) in [5.74, 6) is 0.675. The standard InChI is InChI=1S/C16H13F3N2O/c1-22-14-8-6-13(7-9-14)21-15(10-20)11-2-4-12(5-3-11)16(17,18)19/h2-9,15,21H,1H3. The van der Waals surface area contributed by atoms with Crippen LogP contribution in [0.3, 0.4) is 0 Å². The van der Waals surface area contributed by atoms with E-state index in [1.165, 1.54) is 12.1 Å². The molecule has 0 saturated carbocycles. The maximum Gasteiger partial charge on any atom is 0.416 e. The predicted molar refractivity (Wildman–Crippen MR) is 76.4 cm³/mol. The van der Waals surface area contributed by atoms with Crippen LogP contribution in [0.15, 0.2) is 48.5 Å². The first-order valence-corrected chi connectivity index (χ1v) is 6.41. The number of rotatable bonds is 4. The number of anilines is 1. The van der Waals surface area contributed by atoms with E-state index in [2.05, 4.69) is 5.32 Å². The second-order valence-corrected chi connectivity index (χ2v) is 4.55. The summed E-state index contributed by atoms with van der Waals surface area (Å²) in [7, 11) is 1.54. The van der Waals surface area contributed by atoms with Gasteiger partial charge in [0.05, 0.1) is 18.7 Å². The predicted octanol–water partition coefficient (Wildman–Crippen LogP) is 4.39. The van der Waals surface area contributed by atoms with Crippen molar-refractivity contribution in [3.05, 3.63) is 59.7 Å². The maximum absolute atomic E-state index is 12.5. The molecule has 0 heterocycles. The lowest BCUT2D eigenvalue weighted by atomic mass is 10.1. The Morgan fingerprint density at radius 2 is 1.64 bits per heavy atom. The third kappa shape index (κ3) is 3.70. The van der Waals surface area contributed by atoms with Gasteiger partial charge in [0.1, 0.15) is 11.8 Å². The fraction of sp³-hybridized carbons (Fsp3) is 0.188. The van der Waals surface area contributed by atoms with Crippen molar-refractivity contribution in [2.24, 2.45) is 0 Å². The van der Waals surface area contributed by atoms with Gasteiger partial charge in [-0.25, -0.2) is 0 Å². The van der Waals surface area contributed by atoms with Crippen molar-refractivity contribution in [2.45, 2.75) is 12.2 Å². The van der Waals surface area contributed by atoms with Crippen LogP contribution in [0, 0.1) is 11.3 Å². The minimum Gasteiger partial charge on any atom is -0.497 e. The molecule has 2 rings (SSSR count). The molecule has 22 heavy (non-hydrogen) atoms. The van der Waals surface area contributed by atoms with Crippen molar-refractivity contribution in [1.29, 1.82) is 5.26 Å². The normalized spacial score (nSPS) is 12.3. The van der Waals surface area contributed by atoms with Crippen molar-refractivity contribution in [2.75, 3.05) is 12.4 Å². The summed E-state index contributed by atoms with van der Waals surface area (Å²) < 4.78 is 42.6. The lowest BCUT2D eigenvalue weighted by molar-refractivity contribution is -0.137. The summed E-state index contributed by atoms with van der Waals surface area (Å²) in [6.45, 7) is 0. The molecule has 3 nitrogen and oxygen atoms in total. The number of nitrogens with one attached hydrogen (secondary N) is 1. The molecule has 0 spiro atoms. The van der Waals surface area contributed by atoms with Crippen LogP contribution in [0.25, 0.3) is 0 Å². The number of hydrogen-bond acceptors (Lipinski definition) is 3. The van der Waals surface area contributed by atoms with Crippen molar-refractivity contribution in [1.82, 2.24) is 0 Å². The van der Waals surface area contributed by atoms with Crippen molar-refractivity contribution in [3.63, 3.8) is 0 Å². The Morgan fingerprint density at radius 1 is 1.05 bits per heavy atom. The first-order valence-electron chi connectivity index (χ1n) is 6.41. The average molecular weight is 306 g/mol. The van der Waals surface area contributed by atoms with Crippen LogP contribution in [0.1, 0.15) is 17.2 Å². The molecule has 114 valence electrons. The number of methoxy groups -OCH3 is 1. The average Bonchev–Trinajstić information content (AvgIpc) is 2.52. The molecular formula is C16H13F3N2O. The molecule has 6 heteroatoms. The van der Waals surface area contributed by atoms with Gasteiger partial charge in [0, 0.05) is 5.69 Å². The Balaban J connectivity index is 2.16. The van der Waals surface area contributed by atoms with E-state index in [9.17, 15) is 18.4 Å². The van der Waals surface area contributed by atoms with Crippen LogP contribution in [0.4, 0.5) is 18.9 Å². The Bertz CT molecular complexity index is 658. The number of nitrogens with zero attached hydrogens (tertiary/aromatic N) is 1. The largest absolute Gasteiger partial charge is 0.497 e. The highest BCUT2D eigenvalue weighted by Gasteiger charge is 2.30. The van der Waals surface area contributed by atoms with Crippen LogP contribution in [-0.2, 0) is 6.18 Å². The summed E-state index contributed by atoms with van der Waals surface area (Å²) in [6, 6.07) is 12.7. The third-order valence-electron chi connectivity index (χ3n) is 3.10. The minimum atomic E-state index is -4.38. The monoisotopic (exact) mass is 306 g/mol. The van der Waals surface area contributed by atoms with E-state index >= 15 is 0 Å². The Kier molecular flexibility index (Phi) is 4.56. The van der Waals surface area contributed by atoms with Gasteiger partial charge in [-0.05, 0) is 42.0 Å². The van der Waals surface area contributed by atoms with E-state index in [4.69, 9.17) is 4.74 Å². The van der Waals surface area contributed by atoms with Gasteiger partial charge in [-0.15, -0.1) is 0 Å². The van der Waals surface area contributed by atoms with Crippen molar-refractivity contribution in [3.8, 4) is 11.8 Å². The van der Waals surface area contributed by atoms with Gasteiger partial charge in [-0.1, -0.05) is 12.1 Å². The van der Waals surface area contributed by atoms with E-state index in [0.717, 1.165) is 12.1 Å². The van der Waals surface area contributed by atoms with Gasteiger partial charge in [-0.2, -0.15) is 18.4 Å². The highest BCUT2D eigenvalue weighted by Crippen LogP contribution is 2.30. The summed E-state index contributed by atoms with van der Waals surface area (Å²) >= 11 is 0. The number of ether oxygens (including phenoxy) is 1. The Labute approximate surface area is 126 Å². The Morgan fingerprint density at radius 3 is 2.09 bits per heavy atom. The second kappa shape index (κ2) is 6.39. The van der Waals surface area contributed by atoms with E-state index in [1.54, 1.807) is 31.4 Å². The lowest BCUT2D eigenvalue weighted by Gasteiger charge is -2.14. The smallest absolute Gasteiger partial charge is 0.416 e. The molecule has 2 aromatic carbocycles. The molecule has 1 unspecified atom stereocenters. The molecule has 1 atom stereocenters. The zero-order valence-corrected chi connectivity index (χ0v) is 11.7. The highest BCUT2D eigenvalue weighted by molar-refractivity contribution is 5.50. The summed E-state index contributed by atoms with van der Waals surface area (Å²) in [5.41, 5.74) is 0.399. The van der Waals surface area contributed by atoms with E-state index in [-0.39, 0.29) is 0 Å². The SMILES string of the molecule is COc1ccc(NC(C#N)c2ccc(C(F)(F)F)cc2)cc1. The number of halogens is 3. The molecule has 0 aliphatic heterocycles. The van der Waals surface area contributed by atoms with E-state index in [1.807, 2.05) is 6.07 Å². The summed E-state index contributed by atoms with van der Waals surface area (Å²) in [5, 5.41) is 12.2. The first-order chi connectivity index (χ1) is 10.4. The molecule has 0 aromatic heterocycles. The van der Waals surface area contributed by atoms with Crippen LogP contribution in [0.5, 0.6) is 5.75 Å². The van der Waals surface area contributed by atoms with Gasteiger partial charge in [-0.3, -0.25) is 0 Å². The molecular weight excluding hydrogens is 293 g/mol. The van der Waals surface area contributed by atoms with Crippen LogP contribution in [-0.4, -0.2) is 7.11 Å². The Hall–Kier alpha value is -2.68. The number of nitriles is 1. The topological polar surface area (TPSA) is 45.0 Å². The molecule has 2 aromatic rings. The van der Waals surface area contributed by atoms with Gasteiger partial charge in [0.25, 0.3) is 0 Å². The molecule has 0 amide bonds. The third-order valence-corrected chi connectivity index (χ3v) is 3.10. The maximum atomic E-state index is 12.5. The zero-order valence-electron chi connectivity index (χ0n) is 11.7. The second-order valence-electron chi connectivity index (χ2n) is 4.55. The van der Waals surface area contributed by atoms with E-state index in [0.29, 0.717) is 17.0 Å². The first kappa shape index (κ1) is 15.7. The van der Waals surface area contributed by atoms with Crippen LogP contribution >= 0.6 is 0 Å². The molecule has 1 N–H and O–H groups in total. The zero-order chi connectivity index (χ0) is 16.2. The van der Waals surface area contributed by atoms with Crippen molar-refractivity contribution >= 4 is 5.69 Å². The highest BCUT2D eigenvalue weighted by atomic mass is 19.4. The molecule has 0 saturated heterocycles. The fourth-order valence-corrected chi connectivity index (χ4v) is 1.91. The summed E-state index contributed by atoms with van der Waals surface area (Å²) in [4.78, 5) is 0. The van der Waals surface area contributed by atoms with Crippen LogP contribution in [0.2, 0.25) is 0 Å². The number of benzene rings is 2. The van der Waals surface area contributed by atoms with Gasteiger partial charge >= 0.3 is 6.18 Å². The molecule has 0 aliphatic carbocycles. The van der Waals surface area contributed by atoms with Crippen molar-refractivity contribution < 1.29 is 17.9 Å². The number of hydrogen-bond donors (Lipinski definition) is 1. The van der Waals surface area contributed by atoms with Gasteiger partial charge in [0.15, 0.2) is 0 Å². The van der Waals surface area contributed by atoms with Crippen LogP contribution < -0.4 is 10.1 Å². The molecule has 0 fully saturated rings. The molecule has 0 radical (unpaired) electrons. The minimum absolute atomic E-state index is 0.464. The molecule has 0 bridgehead atoms. The van der Waals surface area contributed by atoms with E-state index < -0.39 is 17.8 Å². The van der Waals surface area contributed by atoms with Gasteiger partial charge in [0.2, 0.25) is 0 Å². The fourth-order valence-electron chi connectivity index (χ4n) is 1.91.